The minimum absolute atomic E-state index is 0.0140. The number of piperidine rings is 1. The molecule has 3 amide bonds. The molecule has 3 heterocycles. The second-order valence-electron chi connectivity index (χ2n) is 10.2. The van der Waals surface area contributed by atoms with Crippen molar-refractivity contribution in [3.05, 3.63) is 85.9 Å². The summed E-state index contributed by atoms with van der Waals surface area (Å²) >= 11 is 6.12. The number of anilines is 1. The molecule has 0 spiro atoms. The van der Waals surface area contributed by atoms with Gasteiger partial charge >= 0.3 is 17.7 Å². The van der Waals surface area contributed by atoms with E-state index in [2.05, 4.69) is 10.1 Å². The fourth-order valence-corrected chi connectivity index (χ4v) is 5.64. The Labute approximate surface area is 245 Å². The van der Waals surface area contributed by atoms with Crippen molar-refractivity contribution in [2.45, 2.75) is 38.4 Å². The van der Waals surface area contributed by atoms with Gasteiger partial charge in [0.1, 0.15) is 18.9 Å². The molecule has 220 valence electrons. The van der Waals surface area contributed by atoms with Crippen LogP contribution in [0.15, 0.2) is 58.3 Å². The van der Waals surface area contributed by atoms with Gasteiger partial charge in [-0.3, -0.25) is 19.0 Å². The number of carbonyl (C=O) groups is 3. The molecular weight excluding hydrogens is 569 g/mol. The van der Waals surface area contributed by atoms with E-state index >= 15 is 0 Å². The summed E-state index contributed by atoms with van der Waals surface area (Å²) in [4.78, 5) is 68.0. The first-order valence-electron chi connectivity index (χ1n) is 13.5. The number of methoxy groups -OCH3 is 1. The summed E-state index contributed by atoms with van der Waals surface area (Å²) in [5.41, 5.74) is -0.0387. The molecule has 0 bridgehead atoms. The van der Waals surface area contributed by atoms with Crippen LogP contribution in [0.25, 0.3) is 11.1 Å². The van der Waals surface area contributed by atoms with E-state index in [1.807, 2.05) is 29.2 Å². The van der Waals surface area contributed by atoms with Crippen molar-refractivity contribution >= 4 is 35.2 Å². The maximum Gasteiger partial charge on any atom is 0.332 e. The van der Waals surface area contributed by atoms with E-state index in [1.165, 1.54) is 12.1 Å². The van der Waals surface area contributed by atoms with Crippen LogP contribution in [0.5, 0.6) is 0 Å². The fraction of sp³-hybridized carbons (Fsp3) is 0.345. The Balaban J connectivity index is 1.34. The molecule has 0 aliphatic carbocycles. The number of hydrogen-bond donors (Lipinski definition) is 1. The number of rotatable bonds is 6. The molecule has 2 aliphatic rings. The van der Waals surface area contributed by atoms with Gasteiger partial charge in [-0.2, -0.15) is 0 Å². The number of urea groups is 1. The molecule has 0 saturated carbocycles. The van der Waals surface area contributed by atoms with Gasteiger partial charge in [0.05, 0.1) is 17.7 Å². The number of amides is 3. The van der Waals surface area contributed by atoms with E-state index in [9.17, 15) is 28.4 Å². The number of para-hydroxylation sites is 1. The lowest BCUT2D eigenvalue weighted by Gasteiger charge is -2.38. The Morgan fingerprint density at radius 3 is 2.48 bits per heavy atom. The standard InChI is InChI=1S/C29H29ClFN5O6/c1-42-25(38)17-36-27(39)21(20-6-4-7-22(31)26(20)30)15-34(29(36)41)16-24(37)33-12-10-19(11-13-33)35-14-9-18-5-2-3-8-23(18)32-28(35)40/h2-8,15,19H,9-14,16-17H2,1H3,(H,32,40). The van der Waals surface area contributed by atoms with E-state index in [-0.39, 0.29) is 34.1 Å². The second-order valence-corrected chi connectivity index (χ2v) is 10.5. The van der Waals surface area contributed by atoms with Gasteiger partial charge in [-0.05, 0) is 37.0 Å². The average molecular weight is 598 g/mol. The molecule has 1 aromatic heterocycles. The van der Waals surface area contributed by atoms with E-state index in [0.717, 1.165) is 41.6 Å². The Morgan fingerprint density at radius 2 is 1.74 bits per heavy atom. The number of likely N-dealkylation sites (tertiary alicyclic amines) is 1. The number of hydrogen-bond acceptors (Lipinski definition) is 6. The van der Waals surface area contributed by atoms with Crippen molar-refractivity contribution in [2.75, 3.05) is 32.1 Å². The molecule has 0 unspecified atom stereocenters. The predicted molar refractivity (Wildman–Crippen MR) is 153 cm³/mol. The molecule has 0 atom stereocenters. The number of nitrogens with zero attached hydrogens (tertiary/aromatic N) is 4. The summed E-state index contributed by atoms with van der Waals surface area (Å²) in [6.45, 7) is 0.156. The molecule has 1 N–H and O–H groups in total. The summed E-state index contributed by atoms with van der Waals surface area (Å²) in [6.07, 6.45) is 2.98. The molecule has 2 aliphatic heterocycles. The second kappa shape index (κ2) is 12.2. The van der Waals surface area contributed by atoms with Crippen LogP contribution in [0.2, 0.25) is 5.02 Å². The number of esters is 1. The topological polar surface area (TPSA) is 123 Å². The van der Waals surface area contributed by atoms with Crippen molar-refractivity contribution < 1.29 is 23.5 Å². The number of aromatic nitrogens is 2. The molecule has 1 fully saturated rings. The van der Waals surface area contributed by atoms with Gasteiger partial charge in [-0.25, -0.2) is 18.5 Å². The van der Waals surface area contributed by atoms with Crippen LogP contribution in [0, 0.1) is 5.82 Å². The lowest BCUT2D eigenvalue weighted by atomic mass is 10.0. The van der Waals surface area contributed by atoms with Crippen LogP contribution in [-0.4, -0.2) is 69.6 Å². The first-order valence-corrected chi connectivity index (χ1v) is 13.8. The van der Waals surface area contributed by atoms with Crippen LogP contribution < -0.4 is 16.6 Å². The monoisotopic (exact) mass is 597 g/mol. The van der Waals surface area contributed by atoms with Crippen molar-refractivity contribution in [2.24, 2.45) is 0 Å². The van der Waals surface area contributed by atoms with Crippen LogP contribution in [-0.2, 0) is 33.8 Å². The summed E-state index contributed by atoms with van der Waals surface area (Å²) in [5.74, 6) is -2.01. The summed E-state index contributed by atoms with van der Waals surface area (Å²) in [7, 11) is 1.11. The van der Waals surface area contributed by atoms with Crippen LogP contribution in [0.1, 0.15) is 18.4 Å². The van der Waals surface area contributed by atoms with Crippen molar-refractivity contribution in [3.63, 3.8) is 0 Å². The smallest absolute Gasteiger partial charge is 0.332 e. The molecule has 3 aromatic rings. The van der Waals surface area contributed by atoms with Gasteiger partial charge in [-0.15, -0.1) is 0 Å². The zero-order valence-electron chi connectivity index (χ0n) is 22.8. The number of nitrogens with one attached hydrogen (secondary N) is 1. The van der Waals surface area contributed by atoms with E-state index in [0.29, 0.717) is 37.0 Å². The van der Waals surface area contributed by atoms with Gasteiger partial charge in [0.15, 0.2) is 0 Å². The molecule has 42 heavy (non-hydrogen) atoms. The van der Waals surface area contributed by atoms with Crippen molar-refractivity contribution in [1.29, 1.82) is 0 Å². The van der Waals surface area contributed by atoms with Crippen LogP contribution in [0.3, 0.4) is 0 Å². The normalized spacial score (nSPS) is 15.5. The van der Waals surface area contributed by atoms with E-state index < -0.39 is 36.1 Å². The van der Waals surface area contributed by atoms with E-state index in [1.54, 1.807) is 4.90 Å². The van der Waals surface area contributed by atoms with Gasteiger partial charge in [0.2, 0.25) is 5.91 Å². The lowest BCUT2D eigenvalue weighted by molar-refractivity contribution is -0.141. The molecule has 0 radical (unpaired) electrons. The highest BCUT2D eigenvalue weighted by molar-refractivity contribution is 6.33. The molecule has 5 rings (SSSR count). The zero-order chi connectivity index (χ0) is 30.0. The highest BCUT2D eigenvalue weighted by Gasteiger charge is 2.31. The number of fused-ring (bicyclic) bond motifs is 1. The Kier molecular flexibility index (Phi) is 8.44. The van der Waals surface area contributed by atoms with Gasteiger partial charge in [0.25, 0.3) is 5.56 Å². The van der Waals surface area contributed by atoms with Gasteiger partial charge in [0, 0.05) is 43.1 Å². The number of benzene rings is 2. The zero-order valence-corrected chi connectivity index (χ0v) is 23.6. The molecular formula is C29H29ClFN5O6. The van der Waals surface area contributed by atoms with Gasteiger partial charge < -0.3 is 19.9 Å². The van der Waals surface area contributed by atoms with E-state index in [4.69, 9.17) is 11.6 Å². The van der Waals surface area contributed by atoms with Crippen molar-refractivity contribution in [1.82, 2.24) is 18.9 Å². The third kappa shape index (κ3) is 5.80. The summed E-state index contributed by atoms with van der Waals surface area (Å²) in [6, 6.07) is 11.3. The Morgan fingerprint density at radius 1 is 1.00 bits per heavy atom. The van der Waals surface area contributed by atoms with Crippen LogP contribution >= 0.6 is 11.6 Å². The molecule has 11 nitrogen and oxygen atoms in total. The first-order chi connectivity index (χ1) is 20.2. The highest BCUT2D eigenvalue weighted by atomic mass is 35.5. The third-order valence-electron chi connectivity index (χ3n) is 7.70. The fourth-order valence-electron chi connectivity index (χ4n) is 5.41. The number of ether oxygens (including phenoxy) is 1. The summed E-state index contributed by atoms with van der Waals surface area (Å²) in [5, 5.41) is 2.64. The highest BCUT2D eigenvalue weighted by Crippen LogP contribution is 2.28. The predicted octanol–water partition coefficient (Wildman–Crippen LogP) is 2.72. The Hall–Kier alpha value is -4.45. The largest absolute Gasteiger partial charge is 0.468 e. The molecule has 2 aromatic carbocycles. The minimum Gasteiger partial charge on any atom is -0.468 e. The quantitative estimate of drug-likeness (QED) is 0.436. The summed E-state index contributed by atoms with van der Waals surface area (Å²) < 4.78 is 20.5. The van der Waals surface area contributed by atoms with Crippen LogP contribution in [0.4, 0.5) is 14.9 Å². The number of carbonyl (C=O) groups excluding carboxylic acids is 3. The lowest BCUT2D eigenvalue weighted by Crippen LogP contribution is -2.51. The molecule has 1 saturated heterocycles. The SMILES string of the molecule is COC(=O)Cn1c(=O)c(-c2cccc(F)c2Cl)cn(CC(=O)N2CCC(N3CCc4ccccc4NC3=O)CC2)c1=O. The van der Waals surface area contributed by atoms with Gasteiger partial charge in [-0.1, -0.05) is 41.9 Å². The molecule has 13 heteroatoms. The Bertz CT molecular complexity index is 1660. The maximum absolute atomic E-state index is 14.2. The minimum atomic E-state index is -0.897. The number of halogens is 2. The van der Waals surface area contributed by atoms with Crippen molar-refractivity contribution in [3.8, 4) is 11.1 Å². The average Bonchev–Trinajstić information content (AvgIpc) is 3.16. The maximum atomic E-state index is 14.2. The first kappa shape index (κ1) is 29.1. The third-order valence-corrected chi connectivity index (χ3v) is 8.08.